The van der Waals surface area contributed by atoms with Crippen LogP contribution in [0.25, 0.3) is 0 Å². The number of fused-ring (bicyclic) bond motifs is 1. The molecule has 0 radical (unpaired) electrons. The van der Waals surface area contributed by atoms with Crippen molar-refractivity contribution in [2.75, 3.05) is 11.9 Å². The van der Waals surface area contributed by atoms with Gasteiger partial charge in [-0.3, -0.25) is 0 Å². The third-order valence-corrected chi connectivity index (χ3v) is 2.43. The van der Waals surface area contributed by atoms with Crippen LogP contribution in [0.2, 0.25) is 0 Å². The van der Waals surface area contributed by atoms with Crippen LogP contribution in [0.1, 0.15) is 23.7 Å². The van der Waals surface area contributed by atoms with E-state index in [2.05, 4.69) is 5.32 Å². The van der Waals surface area contributed by atoms with Crippen molar-refractivity contribution in [1.29, 1.82) is 0 Å². The molecule has 13 heavy (non-hydrogen) atoms. The van der Waals surface area contributed by atoms with Crippen molar-refractivity contribution >= 4 is 5.69 Å². The van der Waals surface area contributed by atoms with Crippen molar-refractivity contribution < 1.29 is 10.2 Å². The van der Waals surface area contributed by atoms with Crippen LogP contribution in [-0.2, 0) is 6.61 Å². The number of aliphatic hydroxyl groups is 2. The number of para-hydroxylation sites is 1. The highest BCUT2D eigenvalue weighted by Gasteiger charge is 2.18. The zero-order valence-corrected chi connectivity index (χ0v) is 7.33. The van der Waals surface area contributed by atoms with Crippen molar-refractivity contribution in [1.82, 2.24) is 0 Å². The molecule has 1 heterocycles. The average molecular weight is 179 g/mol. The van der Waals surface area contributed by atoms with Gasteiger partial charge in [0.25, 0.3) is 0 Å². The first-order valence-corrected chi connectivity index (χ1v) is 4.47. The fourth-order valence-corrected chi connectivity index (χ4v) is 1.73. The Labute approximate surface area is 77.0 Å². The van der Waals surface area contributed by atoms with E-state index >= 15 is 0 Å². The van der Waals surface area contributed by atoms with Crippen LogP contribution < -0.4 is 5.32 Å². The Hall–Kier alpha value is -1.06. The number of nitrogens with one attached hydrogen (secondary N) is 1. The highest BCUT2D eigenvalue weighted by atomic mass is 16.3. The first-order valence-electron chi connectivity index (χ1n) is 4.47. The molecule has 2 rings (SSSR count). The molecule has 1 aliphatic heterocycles. The molecule has 0 amide bonds. The molecule has 0 aromatic heterocycles. The summed E-state index contributed by atoms with van der Waals surface area (Å²) in [6.07, 6.45) is 0.352. The quantitative estimate of drug-likeness (QED) is 0.603. The molecule has 0 spiro atoms. The van der Waals surface area contributed by atoms with E-state index < -0.39 is 0 Å². The van der Waals surface area contributed by atoms with Crippen molar-refractivity contribution in [2.45, 2.75) is 19.1 Å². The van der Waals surface area contributed by atoms with Gasteiger partial charge in [0.2, 0.25) is 0 Å². The summed E-state index contributed by atoms with van der Waals surface area (Å²) in [5.74, 6) is 0. The van der Waals surface area contributed by atoms with E-state index in [1.165, 1.54) is 0 Å². The summed E-state index contributed by atoms with van der Waals surface area (Å²) in [6, 6.07) is 5.62. The smallest absolute Gasteiger partial charge is 0.0826 e. The molecular formula is C10H13NO2. The molecule has 0 aliphatic carbocycles. The summed E-state index contributed by atoms with van der Waals surface area (Å²) in [6.45, 7) is 0.786. The Kier molecular flexibility index (Phi) is 2.20. The first kappa shape index (κ1) is 8.53. The van der Waals surface area contributed by atoms with Gasteiger partial charge in [-0.1, -0.05) is 18.2 Å². The lowest BCUT2D eigenvalue weighted by Crippen LogP contribution is -2.17. The fourth-order valence-electron chi connectivity index (χ4n) is 1.73. The highest BCUT2D eigenvalue weighted by Crippen LogP contribution is 2.32. The highest BCUT2D eigenvalue weighted by molar-refractivity contribution is 5.59. The minimum absolute atomic E-state index is 0.0168. The number of rotatable bonds is 1. The van der Waals surface area contributed by atoms with E-state index in [4.69, 9.17) is 5.11 Å². The average Bonchev–Trinajstić information content (AvgIpc) is 2.18. The maximum Gasteiger partial charge on any atom is 0.0826 e. The van der Waals surface area contributed by atoms with Crippen molar-refractivity contribution in [3.8, 4) is 0 Å². The van der Waals surface area contributed by atoms with E-state index in [1.54, 1.807) is 0 Å². The summed E-state index contributed by atoms with van der Waals surface area (Å²) in [5.41, 5.74) is 2.66. The lowest BCUT2D eigenvalue weighted by Gasteiger charge is -2.24. The Morgan fingerprint density at radius 1 is 1.46 bits per heavy atom. The SMILES string of the molecule is OCc1cccc2c1NCCC2O. The summed E-state index contributed by atoms with van der Waals surface area (Å²) < 4.78 is 0. The molecule has 0 bridgehead atoms. The summed E-state index contributed by atoms with van der Waals surface area (Å²) in [5, 5.41) is 21.9. The normalized spacial score (nSPS) is 20.6. The van der Waals surface area contributed by atoms with Crippen LogP contribution in [-0.4, -0.2) is 16.8 Å². The Morgan fingerprint density at radius 3 is 3.08 bits per heavy atom. The largest absolute Gasteiger partial charge is 0.392 e. The van der Waals surface area contributed by atoms with Gasteiger partial charge in [0.1, 0.15) is 0 Å². The summed E-state index contributed by atoms with van der Waals surface area (Å²) in [7, 11) is 0. The molecule has 1 atom stereocenters. The molecule has 0 fully saturated rings. The maximum absolute atomic E-state index is 9.66. The Bertz CT molecular complexity index is 312. The second-order valence-corrected chi connectivity index (χ2v) is 3.27. The van der Waals surface area contributed by atoms with Crippen molar-refractivity contribution in [3.05, 3.63) is 29.3 Å². The lowest BCUT2D eigenvalue weighted by molar-refractivity contribution is 0.168. The molecule has 1 aromatic carbocycles. The van der Waals surface area contributed by atoms with E-state index in [0.29, 0.717) is 0 Å². The standard InChI is InChI=1S/C10H13NO2/c12-6-7-2-1-3-8-9(13)4-5-11-10(7)8/h1-3,9,11-13H,4-6H2. The Balaban J connectivity index is 2.48. The monoisotopic (exact) mass is 179 g/mol. The first-order chi connectivity index (χ1) is 6.33. The predicted octanol–water partition coefficient (Wildman–Crippen LogP) is 1.03. The lowest BCUT2D eigenvalue weighted by atomic mass is 9.97. The number of benzene rings is 1. The molecule has 0 saturated heterocycles. The molecule has 0 saturated carbocycles. The Morgan fingerprint density at radius 2 is 2.31 bits per heavy atom. The van der Waals surface area contributed by atoms with Crippen LogP contribution in [0, 0.1) is 0 Å². The number of anilines is 1. The van der Waals surface area contributed by atoms with Crippen LogP contribution in [0.4, 0.5) is 5.69 Å². The van der Waals surface area contributed by atoms with Crippen LogP contribution in [0.3, 0.4) is 0 Å². The minimum atomic E-state index is -0.386. The van der Waals surface area contributed by atoms with Gasteiger partial charge in [0.15, 0.2) is 0 Å². The number of hydrogen-bond donors (Lipinski definition) is 3. The summed E-state index contributed by atoms with van der Waals surface area (Å²) >= 11 is 0. The maximum atomic E-state index is 9.66. The van der Waals surface area contributed by atoms with Gasteiger partial charge in [-0.15, -0.1) is 0 Å². The number of aliphatic hydroxyl groups excluding tert-OH is 2. The van der Waals surface area contributed by atoms with E-state index in [-0.39, 0.29) is 12.7 Å². The van der Waals surface area contributed by atoms with Crippen molar-refractivity contribution in [2.24, 2.45) is 0 Å². The van der Waals surface area contributed by atoms with Crippen LogP contribution in [0.5, 0.6) is 0 Å². The third kappa shape index (κ3) is 1.41. The third-order valence-electron chi connectivity index (χ3n) is 2.43. The predicted molar refractivity (Wildman–Crippen MR) is 50.4 cm³/mol. The molecule has 1 aromatic rings. The van der Waals surface area contributed by atoms with E-state index in [9.17, 15) is 5.11 Å². The van der Waals surface area contributed by atoms with Gasteiger partial charge in [0, 0.05) is 23.4 Å². The molecule has 3 N–H and O–H groups in total. The van der Waals surface area contributed by atoms with Crippen LogP contribution in [0.15, 0.2) is 18.2 Å². The molecule has 3 heteroatoms. The number of hydrogen-bond acceptors (Lipinski definition) is 3. The second kappa shape index (κ2) is 3.36. The molecule has 1 unspecified atom stereocenters. The van der Waals surface area contributed by atoms with Gasteiger partial charge in [-0.05, 0) is 6.42 Å². The van der Waals surface area contributed by atoms with Gasteiger partial charge in [-0.25, -0.2) is 0 Å². The van der Waals surface area contributed by atoms with Gasteiger partial charge in [0.05, 0.1) is 12.7 Å². The van der Waals surface area contributed by atoms with E-state index in [1.807, 2.05) is 18.2 Å². The minimum Gasteiger partial charge on any atom is -0.392 e. The van der Waals surface area contributed by atoms with Crippen LogP contribution >= 0.6 is 0 Å². The zero-order chi connectivity index (χ0) is 9.26. The van der Waals surface area contributed by atoms with Crippen molar-refractivity contribution in [3.63, 3.8) is 0 Å². The molecule has 1 aliphatic rings. The fraction of sp³-hybridized carbons (Fsp3) is 0.400. The molecule has 3 nitrogen and oxygen atoms in total. The van der Waals surface area contributed by atoms with E-state index in [0.717, 1.165) is 29.8 Å². The van der Waals surface area contributed by atoms with Gasteiger partial charge in [-0.2, -0.15) is 0 Å². The van der Waals surface area contributed by atoms with Gasteiger partial charge >= 0.3 is 0 Å². The van der Waals surface area contributed by atoms with Gasteiger partial charge < -0.3 is 15.5 Å². The molecule has 70 valence electrons. The second-order valence-electron chi connectivity index (χ2n) is 3.27. The summed E-state index contributed by atoms with van der Waals surface area (Å²) in [4.78, 5) is 0. The zero-order valence-electron chi connectivity index (χ0n) is 7.33. The topological polar surface area (TPSA) is 52.5 Å². The molecular weight excluding hydrogens is 166 g/mol.